The van der Waals surface area contributed by atoms with Gasteiger partial charge in [-0.3, -0.25) is 19.8 Å². The predicted octanol–water partition coefficient (Wildman–Crippen LogP) is 3.51. The number of nitrogens with one attached hydrogen (secondary N) is 1. The number of halogens is 1. The van der Waals surface area contributed by atoms with Crippen molar-refractivity contribution in [2.45, 2.75) is 12.8 Å². The van der Waals surface area contributed by atoms with E-state index in [1.54, 1.807) is 18.2 Å². The van der Waals surface area contributed by atoms with Gasteiger partial charge >= 0.3 is 0 Å². The molecule has 0 saturated carbocycles. The molecule has 2 aromatic carbocycles. The molecule has 1 fully saturated rings. The van der Waals surface area contributed by atoms with E-state index in [1.165, 1.54) is 16.2 Å². The van der Waals surface area contributed by atoms with Crippen molar-refractivity contribution in [2.75, 3.05) is 28.8 Å². The molecule has 0 atom stereocenters. The summed E-state index contributed by atoms with van der Waals surface area (Å²) in [6, 6.07) is 15.1. The largest absolute Gasteiger partial charge is 0.371 e. The highest BCUT2D eigenvalue weighted by atomic mass is 35.5. The van der Waals surface area contributed by atoms with Gasteiger partial charge in [0.05, 0.1) is 5.69 Å². The SMILES string of the molecule is O=C1NC(=S)N(c2ccccc2)C(=O)C1=Cc1ccc2c(c1)CCN2CCCCl. The molecule has 0 spiro atoms. The van der Waals surface area contributed by atoms with Crippen molar-refractivity contribution in [2.24, 2.45) is 0 Å². The third-order valence-electron chi connectivity index (χ3n) is 5.08. The molecule has 0 bridgehead atoms. The monoisotopic (exact) mass is 425 g/mol. The van der Waals surface area contributed by atoms with Crippen molar-refractivity contribution in [1.82, 2.24) is 5.32 Å². The van der Waals surface area contributed by atoms with Gasteiger partial charge in [-0.15, -0.1) is 11.6 Å². The van der Waals surface area contributed by atoms with Crippen molar-refractivity contribution in [1.29, 1.82) is 0 Å². The van der Waals surface area contributed by atoms with E-state index in [9.17, 15) is 9.59 Å². The Balaban J connectivity index is 1.63. The van der Waals surface area contributed by atoms with Gasteiger partial charge in [-0.2, -0.15) is 0 Å². The number of amides is 2. The fourth-order valence-corrected chi connectivity index (χ4v) is 4.10. The smallest absolute Gasteiger partial charge is 0.270 e. The van der Waals surface area contributed by atoms with Crippen molar-refractivity contribution >= 4 is 58.2 Å². The van der Waals surface area contributed by atoms with E-state index in [0.29, 0.717) is 11.6 Å². The second-order valence-corrected chi connectivity index (χ2v) is 7.73. The summed E-state index contributed by atoms with van der Waals surface area (Å²) in [6.45, 7) is 1.89. The number of hydrogen-bond donors (Lipinski definition) is 1. The van der Waals surface area contributed by atoms with Crippen LogP contribution < -0.4 is 15.1 Å². The molecule has 2 aromatic rings. The highest BCUT2D eigenvalue weighted by molar-refractivity contribution is 7.80. The quantitative estimate of drug-likeness (QED) is 0.345. The number of para-hydroxylation sites is 1. The molecule has 1 saturated heterocycles. The zero-order chi connectivity index (χ0) is 20.4. The summed E-state index contributed by atoms with van der Waals surface area (Å²) in [7, 11) is 0. The molecule has 7 heteroatoms. The van der Waals surface area contributed by atoms with E-state index < -0.39 is 11.8 Å². The lowest BCUT2D eigenvalue weighted by atomic mass is 10.0. The average molecular weight is 426 g/mol. The fourth-order valence-electron chi connectivity index (χ4n) is 3.70. The van der Waals surface area contributed by atoms with E-state index in [2.05, 4.69) is 10.2 Å². The van der Waals surface area contributed by atoms with Gasteiger partial charge in [0.2, 0.25) is 0 Å². The molecule has 4 rings (SSSR count). The minimum atomic E-state index is -0.476. The van der Waals surface area contributed by atoms with Gasteiger partial charge in [0.1, 0.15) is 5.57 Å². The van der Waals surface area contributed by atoms with Crippen LogP contribution >= 0.6 is 23.8 Å². The zero-order valence-corrected chi connectivity index (χ0v) is 17.3. The summed E-state index contributed by atoms with van der Waals surface area (Å²) in [6.07, 6.45) is 3.52. The van der Waals surface area contributed by atoms with Gasteiger partial charge in [0, 0.05) is 24.7 Å². The lowest BCUT2D eigenvalue weighted by molar-refractivity contribution is -0.122. The summed E-state index contributed by atoms with van der Waals surface area (Å²) >= 11 is 11.0. The molecule has 2 aliphatic heterocycles. The second kappa shape index (κ2) is 8.35. The third kappa shape index (κ3) is 3.91. The number of alkyl halides is 1. The van der Waals surface area contributed by atoms with Gasteiger partial charge in [0.15, 0.2) is 5.11 Å². The normalized spacial score (nSPS) is 17.7. The Bertz CT molecular complexity index is 1010. The highest BCUT2D eigenvalue weighted by Crippen LogP contribution is 2.30. The first-order valence-corrected chi connectivity index (χ1v) is 10.4. The maximum atomic E-state index is 13.0. The van der Waals surface area contributed by atoms with E-state index in [1.807, 2.05) is 36.4 Å². The van der Waals surface area contributed by atoms with Crippen LogP contribution in [0.5, 0.6) is 0 Å². The molecule has 29 heavy (non-hydrogen) atoms. The number of hydrogen-bond acceptors (Lipinski definition) is 4. The molecule has 0 aromatic heterocycles. The Labute approximate surface area is 179 Å². The number of benzene rings is 2. The molecule has 0 aliphatic carbocycles. The Morgan fingerprint density at radius 1 is 1.14 bits per heavy atom. The summed E-state index contributed by atoms with van der Waals surface area (Å²) < 4.78 is 0. The molecule has 0 radical (unpaired) electrons. The van der Waals surface area contributed by atoms with Crippen molar-refractivity contribution in [3.05, 3.63) is 65.2 Å². The van der Waals surface area contributed by atoms with Crippen LogP contribution in [-0.2, 0) is 16.0 Å². The van der Waals surface area contributed by atoms with E-state index >= 15 is 0 Å². The molecule has 2 amide bonds. The number of fused-ring (bicyclic) bond motifs is 1. The number of carbonyl (C=O) groups is 2. The lowest BCUT2D eigenvalue weighted by Gasteiger charge is -2.28. The van der Waals surface area contributed by atoms with E-state index in [4.69, 9.17) is 23.8 Å². The Hall–Kier alpha value is -2.70. The summed E-state index contributed by atoms with van der Waals surface area (Å²) in [5.41, 5.74) is 3.93. The Kier molecular flexibility index (Phi) is 5.65. The predicted molar refractivity (Wildman–Crippen MR) is 120 cm³/mol. The summed E-state index contributed by atoms with van der Waals surface area (Å²) in [5, 5.41) is 2.71. The molecular weight excluding hydrogens is 406 g/mol. The number of nitrogens with zero attached hydrogens (tertiary/aromatic N) is 2. The minimum absolute atomic E-state index is 0.0689. The lowest BCUT2D eigenvalue weighted by Crippen LogP contribution is -2.54. The van der Waals surface area contributed by atoms with Crippen LogP contribution in [0.25, 0.3) is 6.08 Å². The van der Waals surface area contributed by atoms with Crippen LogP contribution in [0.1, 0.15) is 17.5 Å². The zero-order valence-electron chi connectivity index (χ0n) is 15.7. The fraction of sp³-hybridized carbons (Fsp3) is 0.227. The second-order valence-electron chi connectivity index (χ2n) is 6.96. The number of carbonyl (C=O) groups excluding carboxylic acids is 2. The molecular formula is C22H20ClN3O2S. The maximum Gasteiger partial charge on any atom is 0.270 e. The van der Waals surface area contributed by atoms with Crippen LogP contribution in [0.3, 0.4) is 0 Å². The van der Waals surface area contributed by atoms with Crippen LogP contribution in [0.2, 0.25) is 0 Å². The van der Waals surface area contributed by atoms with Crippen LogP contribution in [0.4, 0.5) is 11.4 Å². The standard InChI is InChI=1S/C22H20ClN3O2S/c23-10-4-11-25-12-9-16-13-15(7-8-19(16)25)14-18-20(27)24-22(29)26(21(18)28)17-5-2-1-3-6-17/h1-3,5-8,13-14H,4,9-12H2,(H,24,27,29). The molecule has 2 heterocycles. The van der Waals surface area contributed by atoms with Gasteiger partial charge < -0.3 is 4.90 Å². The molecule has 148 valence electrons. The van der Waals surface area contributed by atoms with Crippen LogP contribution in [0, 0.1) is 0 Å². The van der Waals surface area contributed by atoms with Gasteiger partial charge in [0.25, 0.3) is 11.8 Å². The summed E-state index contributed by atoms with van der Waals surface area (Å²) in [4.78, 5) is 29.2. The number of rotatable bonds is 5. The van der Waals surface area contributed by atoms with Crippen molar-refractivity contribution in [3.8, 4) is 0 Å². The van der Waals surface area contributed by atoms with E-state index in [-0.39, 0.29) is 10.7 Å². The number of thiocarbonyl (C=S) groups is 1. The van der Waals surface area contributed by atoms with Gasteiger partial charge in [-0.05, 0) is 66.5 Å². The van der Waals surface area contributed by atoms with Crippen molar-refractivity contribution in [3.63, 3.8) is 0 Å². The van der Waals surface area contributed by atoms with Gasteiger partial charge in [-0.25, -0.2) is 0 Å². The van der Waals surface area contributed by atoms with Crippen molar-refractivity contribution < 1.29 is 9.59 Å². The minimum Gasteiger partial charge on any atom is -0.371 e. The van der Waals surface area contributed by atoms with Gasteiger partial charge in [-0.1, -0.05) is 24.3 Å². The Morgan fingerprint density at radius 3 is 2.69 bits per heavy atom. The average Bonchev–Trinajstić information content (AvgIpc) is 3.12. The first-order chi connectivity index (χ1) is 14.1. The first-order valence-electron chi connectivity index (χ1n) is 9.49. The van der Waals surface area contributed by atoms with Crippen LogP contribution in [-0.4, -0.2) is 35.9 Å². The Morgan fingerprint density at radius 2 is 1.93 bits per heavy atom. The first kappa shape index (κ1) is 19.6. The molecule has 5 nitrogen and oxygen atoms in total. The maximum absolute atomic E-state index is 13.0. The molecule has 0 unspecified atom stereocenters. The summed E-state index contributed by atoms with van der Waals surface area (Å²) in [5.74, 6) is -0.252. The van der Waals surface area contributed by atoms with Crippen LogP contribution in [0.15, 0.2) is 54.1 Å². The van der Waals surface area contributed by atoms with E-state index in [0.717, 1.165) is 31.5 Å². The third-order valence-corrected chi connectivity index (χ3v) is 5.64. The number of anilines is 2. The molecule has 2 aliphatic rings. The molecule has 1 N–H and O–H groups in total. The highest BCUT2D eigenvalue weighted by Gasteiger charge is 2.34. The topological polar surface area (TPSA) is 52.7 Å².